The van der Waals surface area contributed by atoms with Crippen molar-refractivity contribution in [2.75, 3.05) is 32.7 Å². The molecule has 1 amide bonds. The molecule has 1 unspecified atom stereocenters. The molecule has 2 aromatic rings. The van der Waals surface area contributed by atoms with E-state index in [4.69, 9.17) is 9.47 Å². The number of ether oxygens (including phenoxy) is 2. The van der Waals surface area contributed by atoms with Gasteiger partial charge in [0, 0.05) is 24.7 Å². The number of carbonyl (C=O) groups excluding carboxylic acids is 1. The maximum atomic E-state index is 12.9. The van der Waals surface area contributed by atoms with Crippen LogP contribution in [0.2, 0.25) is 0 Å². The molecule has 8 nitrogen and oxygen atoms in total. The molecule has 29 heavy (non-hydrogen) atoms. The van der Waals surface area contributed by atoms with Crippen molar-refractivity contribution in [2.24, 2.45) is 0 Å². The fourth-order valence-electron chi connectivity index (χ4n) is 3.52. The predicted molar refractivity (Wildman–Crippen MR) is 108 cm³/mol. The minimum Gasteiger partial charge on any atom is -0.454 e. The number of nitrogens with one attached hydrogen (secondary N) is 2. The summed E-state index contributed by atoms with van der Waals surface area (Å²) in [6, 6.07) is 10.2. The molecule has 0 aliphatic carbocycles. The Hall–Kier alpha value is -2.62. The summed E-state index contributed by atoms with van der Waals surface area (Å²) < 4.78 is 39.2. The molecule has 0 bridgehead atoms. The number of benzene rings is 2. The van der Waals surface area contributed by atoms with E-state index >= 15 is 0 Å². The number of rotatable bonds is 6. The number of likely N-dealkylation sites (N-methyl/N-ethyl adjacent to an activating group) is 1. The molecule has 2 N–H and O–H groups in total. The van der Waals surface area contributed by atoms with Crippen molar-refractivity contribution < 1.29 is 22.7 Å². The summed E-state index contributed by atoms with van der Waals surface area (Å²) in [5, 5.41) is 2.76. The minimum absolute atomic E-state index is 0.0521. The highest BCUT2D eigenvalue weighted by Crippen LogP contribution is 2.35. The number of aryl methyl sites for hydroxylation is 1. The van der Waals surface area contributed by atoms with Gasteiger partial charge in [0.2, 0.25) is 22.7 Å². The summed E-state index contributed by atoms with van der Waals surface area (Å²) in [7, 11) is 0.0873. The van der Waals surface area contributed by atoms with Crippen molar-refractivity contribution in [3.63, 3.8) is 0 Å². The molecule has 154 valence electrons. The molecular weight excluding hydrogens is 394 g/mol. The molecule has 2 aromatic carbocycles. The summed E-state index contributed by atoms with van der Waals surface area (Å²) >= 11 is 0. The van der Waals surface area contributed by atoms with Gasteiger partial charge < -0.3 is 19.7 Å². The van der Waals surface area contributed by atoms with Crippen LogP contribution in [0, 0.1) is 0 Å². The average molecular weight is 417 g/mol. The van der Waals surface area contributed by atoms with Crippen LogP contribution in [0.3, 0.4) is 0 Å². The van der Waals surface area contributed by atoms with Crippen LogP contribution in [-0.4, -0.2) is 46.7 Å². The Labute approximate surface area is 169 Å². The smallest absolute Gasteiger partial charge is 0.240 e. The van der Waals surface area contributed by atoms with Crippen molar-refractivity contribution in [1.29, 1.82) is 0 Å². The van der Waals surface area contributed by atoms with Gasteiger partial charge >= 0.3 is 0 Å². The first-order valence-electron chi connectivity index (χ1n) is 9.32. The van der Waals surface area contributed by atoms with Crippen molar-refractivity contribution in [2.45, 2.75) is 23.8 Å². The molecule has 1 atom stereocenters. The van der Waals surface area contributed by atoms with E-state index in [1.54, 1.807) is 12.1 Å². The van der Waals surface area contributed by atoms with Gasteiger partial charge in [0.05, 0.1) is 4.90 Å². The van der Waals surface area contributed by atoms with E-state index in [0.29, 0.717) is 30.0 Å². The highest BCUT2D eigenvalue weighted by Gasteiger charge is 2.24. The summed E-state index contributed by atoms with van der Waals surface area (Å²) in [6.45, 7) is 0.389. The number of hydrogen-bond donors (Lipinski definition) is 2. The molecule has 9 heteroatoms. The Morgan fingerprint density at radius 1 is 1.10 bits per heavy atom. The number of hydrogen-bond acceptors (Lipinski definition) is 6. The van der Waals surface area contributed by atoms with E-state index in [9.17, 15) is 13.2 Å². The Morgan fingerprint density at radius 3 is 2.69 bits per heavy atom. The number of nitrogens with zero attached hydrogens (tertiary/aromatic N) is 1. The van der Waals surface area contributed by atoms with Gasteiger partial charge in [-0.2, -0.15) is 0 Å². The van der Waals surface area contributed by atoms with Crippen LogP contribution in [0.15, 0.2) is 41.3 Å². The summed E-state index contributed by atoms with van der Waals surface area (Å²) in [6.07, 6.45) is 0.888. The zero-order chi connectivity index (χ0) is 20.6. The maximum absolute atomic E-state index is 12.9. The largest absolute Gasteiger partial charge is 0.454 e. The second-order valence-electron chi connectivity index (χ2n) is 7.31. The third kappa shape index (κ3) is 4.07. The van der Waals surface area contributed by atoms with E-state index in [1.165, 1.54) is 6.07 Å². The van der Waals surface area contributed by atoms with Crippen LogP contribution in [0.1, 0.15) is 23.6 Å². The van der Waals surface area contributed by atoms with E-state index < -0.39 is 10.0 Å². The molecule has 0 radical (unpaired) electrons. The van der Waals surface area contributed by atoms with Crippen LogP contribution in [0.4, 0.5) is 5.69 Å². The first-order valence-corrected chi connectivity index (χ1v) is 10.8. The van der Waals surface area contributed by atoms with Crippen molar-refractivity contribution >= 4 is 21.6 Å². The van der Waals surface area contributed by atoms with Crippen LogP contribution >= 0.6 is 0 Å². The molecule has 4 rings (SSSR count). The average Bonchev–Trinajstić information content (AvgIpc) is 3.15. The number of anilines is 1. The van der Waals surface area contributed by atoms with Gasteiger partial charge in [-0.05, 0) is 62.0 Å². The fraction of sp³-hybridized carbons (Fsp3) is 0.350. The third-order valence-corrected chi connectivity index (χ3v) is 6.58. The summed E-state index contributed by atoms with van der Waals surface area (Å²) in [5.41, 5.74) is 2.43. The quantitative estimate of drug-likeness (QED) is 0.745. The highest BCUT2D eigenvalue weighted by molar-refractivity contribution is 7.89. The Morgan fingerprint density at radius 2 is 1.90 bits per heavy atom. The zero-order valence-electron chi connectivity index (χ0n) is 16.3. The lowest BCUT2D eigenvalue weighted by atomic mass is 10.0. The van der Waals surface area contributed by atoms with Gasteiger partial charge in [-0.15, -0.1) is 0 Å². The lowest BCUT2D eigenvalue weighted by molar-refractivity contribution is -0.116. The number of carbonyl (C=O) groups is 1. The number of fused-ring (bicyclic) bond motifs is 2. The lowest BCUT2D eigenvalue weighted by Gasteiger charge is -2.25. The standard InChI is InChI=1S/C20H23N3O5S/c1-23(2)17(14-3-7-18-19(10-14)28-12-27-18)11-21-29(25,26)15-5-6-16-13(9-15)4-8-20(24)22-16/h3,5-7,9-10,17,21H,4,8,11-12H2,1-2H3,(H,22,24). The normalized spacial score (nSPS) is 16.4. The summed E-state index contributed by atoms with van der Waals surface area (Å²) in [4.78, 5) is 13.6. The van der Waals surface area contributed by atoms with Crippen molar-refractivity contribution in [3.8, 4) is 11.5 Å². The molecule has 0 spiro atoms. The van der Waals surface area contributed by atoms with Gasteiger partial charge in [0.25, 0.3) is 0 Å². The fourth-order valence-corrected chi connectivity index (χ4v) is 4.61. The monoisotopic (exact) mass is 417 g/mol. The van der Waals surface area contributed by atoms with E-state index in [1.807, 2.05) is 37.2 Å². The second-order valence-corrected chi connectivity index (χ2v) is 9.08. The Bertz CT molecular complexity index is 1050. The van der Waals surface area contributed by atoms with Gasteiger partial charge in [0.15, 0.2) is 11.5 Å². The van der Waals surface area contributed by atoms with Crippen LogP contribution in [0.5, 0.6) is 11.5 Å². The van der Waals surface area contributed by atoms with Gasteiger partial charge in [0.1, 0.15) is 0 Å². The first-order chi connectivity index (χ1) is 13.8. The van der Waals surface area contributed by atoms with Crippen molar-refractivity contribution in [1.82, 2.24) is 9.62 Å². The van der Waals surface area contributed by atoms with Gasteiger partial charge in [-0.1, -0.05) is 6.07 Å². The number of amides is 1. The minimum atomic E-state index is -3.70. The third-order valence-electron chi connectivity index (χ3n) is 5.15. The lowest BCUT2D eigenvalue weighted by Crippen LogP contribution is -2.34. The SMILES string of the molecule is CN(C)C(CNS(=O)(=O)c1ccc2c(c1)CCC(=O)N2)c1ccc2c(c1)OCO2. The Kier molecular flexibility index (Phi) is 5.20. The summed E-state index contributed by atoms with van der Waals surface area (Å²) in [5.74, 6) is 1.30. The van der Waals surface area contributed by atoms with E-state index in [2.05, 4.69) is 10.0 Å². The molecule has 2 aliphatic heterocycles. The van der Waals surface area contributed by atoms with Crippen LogP contribution < -0.4 is 19.5 Å². The predicted octanol–water partition coefficient (Wildman–Crippen LogP) is 1.88. The van der Waals surface area contributed by atoms with Crippen molar-refractivity contribution in [3.05, 3.63) is 47.5 Å². The number of sulfonamides is 1. The Balaban J connectivity index is 1.52. The molecule has 0 fully saturated rings. The van der Waals surface area contributed by atoms with E-state index in [-0.39, 0.29) is 30.2 Å². The first kappa shape index (κ1) is 19.7. The zero-order valence-corrected chi connectivity index (χ0v) is 17.1. The second kappa shape index (κ2) is 7.66. The van der Waals surface area contributed by atoms with Crippen LogP contribution in [-0.2, 0) is 21.2 Å². The molecule has 0 aromatic heterocycles. The molecule has 2 aliphatic rings. The highest BCUT2D eigenvalue weighted by atomic mass is 32.2. The van der Waals surface area contributed by atoms with Gasteiger partial charge in [-0.3, -0.25) is 4.79 Å². The van der Waals surface area contributed by atoms with Crippen LogP contribution in [0.25, 0.3) is 0 Å². The molecular formula is C20H23N3O5S. The topological polar surface area (TPSA) is 97.0 Å². The van der Waals surface area contributed by atoms with Gasteiger partial charge in [-0.25, -0.2) is 13.1 Å². The van der Waals surface area contributed by atoms with E-state index in [0.717, 1.165) is 11.1 Å². The molecule has 0 saturated carbocycles. The molecule has 2 heterocycles. The molecule has 0 saturated heterocycles. The maximum Gasteiger partial charge on any atom is 0.240 e.